The normalized spacial score (nSPS) is 10.9. The SMILES string of the molecule is Cc1nc(C)c(CNCCc2cc(F)cc(F)c2)s1. The summed E-state index contributed by atoms with van der Waals surface area (Å²) < 4.78 is 26.0. The summed E-state index contributed by atoms with van der Waals surface area (Å²) in [5, 5.41) is 4.33. The molecule has 102 valence electrons. The molecular formula is C14H16F2N2S. The summed E-state index contributed by atoms with van der Waals surface area (Å²) in [5.74, 6) is -1.05. The van der Waals surface area contributed by atoms with Crippen LogP contribution in [-0.4, -0.2) is 11.5 Å². The summed E-state index contributed by atoms with van der Waals surface area (Å²) in [6.07, 6.45) is 0.603. The fourth-order valence-electron chi connectivity index (χ4n) is 1.93. The van der Waals surface area contributed by atoms with E-state index in [4.69, 9.17) is 0 Å². The van der Waals surface area contributed by atoms with Crippen molar-refractivity contribution in [3.8, 4) is 0 Å². The molecule has 0 bridgehead atoms. The van der Waals surface area contributed by atoms with Crippen LogP contribution in [0, 0.1) is 25.5 Å². The van der Waals surface area contributed by atoms with Crippen molar-refractivity contribution in [1.82, 2.24) is 10.3 Å². The van der Waals surface area contributed by atoms with E-state index in [-0.39, 0.29) is 0 Å². The van der Waals surface area contributed by atoms with Gasteiger partial charge in [-0.05, 0) is 44.5 Å². The summed E-state index contributed by atoms with van der Waals surface area (Å²) in [5.41, 5.74) is 1.72. The highest BCUT2D eigenvalue weighted by Crippen LogP contribution is 2.16. The van der Waals surface area contributed by atoms with Crippen molar-refractivity contribution in [2.75, 3.05) is 6.54 Å². The zero-order valence-corrected chi connectivity index (χ0v) is 11.8. The summed E-state index contributed by atoms with van der Waals surface area (Å²) in [6.45, 7) is 5.40. The van der Waals surface area contributed by atoms with E-state index in [1.165, 1.54) is 17.0 Å². The Kier molecular flexibility index (Phi) is 4.61. The molecule has 1 aromatic heterocycles. The molecule has 0 saturated heterocycles. The molecule has 2 nitrogen and oxygen atoms in total. The fraction of sp³-hybridized carbons (Fsp3) is 0.357. The van der Waals surface area contributed by atoms with E-state index >= 15 is 0 Å². The molecule has 0 unspecified atom stereocenters. The average Bonchev–Trinajstić information content (AvgIpc) is 2.62. The van der Waals surface area contributed by atoms with Gasteiger partial charge in [0.1, 0.15) is 11.6 Å². The third-order valence-corrected chi connectivity index (χ3v) is 3.87. The topological polar surface area (TPSA) is 24.9 Å². The van der Waals surface area contributed by atoms with Crippen LogP contribution in [0.4, 0.5) is 8.78 Å². The van der Waals surface area contributed by atoms with Gasteiger partial charge in [-0.15, -0.1) is 11.3 Å². The van der Waals surface area contributed by atoms with Gasteiger partial charge in [-0.1, -0.05) is 0 Å². The first-order valence-corrected chi connectivity index (χ1v) is 6.95. The highest BCUT2D eigenvalue weighted by molar-refractivity contribution is 7.11. The predicted molar refractivity (Wildman–Crippen MR) is 73.4 cm³/mol. The van der Waals surface area contributed by atoms with E-state index in [1.54, 1.807) is 11.3 Å². The highest BCUT2D eigenvalue weighted by atomic mass is 32.1. The molecule has 2 aromatic rings. The zero-order valence-electron chi connectivity index (χ0n) is 11.0. The molecule has 0 fully saturated rings. The first kappa shape index (κ1) is 14.1. The molecule has 1 N–H and O–H groups in total. The van der Waals surface area contributed by atoms with E-state index in [1.807, 2.05) is 13.8 Å². The second-order valence-electron chi connectivity index (χ2n) is 4.45. The first-order chi connectivity index (χ1) is 9.04. The molecule has 0 aliphatic rings. The number of hydrogen-bond donors (Lipinski definition) is 1. The Morgan fingerprint density at radius 1 is 1.16 bits per heavy atom. The van der Waals surface area contributed by atoms with Gasteiger partial charge < -0.3 is 5.32 Å². The minimum atomic E-state index is -0.524. The lowest BCUT2D eigenvalue weighted by molar-refractivity contribution is 0.577. The summed E-state index contributed by atoms with van der Waals surface area (Å²) >= 11 is 1.67. The van der Waals surface area contributed by atoms with Gasteiger partial charge >= 0.3 is 0 Å². The maximum absolute atomic E-state index is 13.0. The van der Waals surface area contributed by atoms with Crippen LogP contribution < -0.4 is 5.32 Å². The monoisotopic (exact) mass is 282 g/mol. The van der Waals surface area contributed by atoms with Crippen LogP contribution >= 0.6 is 11.3 Å². The quantitative estimate of drug-likeness (QED) is 0.851. The minimum absolute atomic E-state index is 0.524. The first-order valence-electron chi connectivity index (χ1n) is 6.13. The highest BCUT2D eigenvalue weighted by Gasteiger charge is 2.04. The molecule has 0 atom stereocenters. The second kappa shape index (κ2) is 6.21. The molecule has 0 spiro atoms. The van der Waals surface area contributed by atoms with Crippen LogP contribution in [0.2, 0.25) is 0 Å². The third-order valence-electron chi connectivity index (χ3n) is 2.80. The predicted octanol–water partition coefficient (Wildman–Crippen LogP) is 3.37. The molecule has 0 saturated carbocycles. The van der Waals surface area contributed by atoms with Crippen LogP contribution in [-0.2, 0) is 13.0 Å². The van der Waals surface area contributed by atoms with Crippen molar-refractivity contribution in [3.63, 3.8) is 0 Å². The number of halogens is 2. The molecule has 19 heavy (non-hydrogen) atoms. The van der Waals surface area contributed by atoms with Crippen molar-refractivity contribution in [1.29, 1.82) is 0 Å². The minimum Gasteiger partial charge on any atom is -0.311 e. The Morgan fingerprint density at radius 2 is 1.84 bits per heavy atom. The van der Waals surface area contributed by atoms with E-state index in [9.17, 15) is 8.78 Å². The Hall–Kier alpha value is -1.33. The smallest absolute Gasteiger partial charge is 0.126 e. The lowest BCUT2D eigenvalue weighted by atomic mass is 10.1. The molecule has 5 heteroatoms. The van der Waals surface area contributed by atoms with Crippen molar-refractivity contribution in [3.05, 3.63) is 51.0 Å². The van der Waals surface area contributed by atoms with Crippen LogP contribution in [0.5, 0.6) is 0 Å². The van der Waals surface area contributed by atoms with E-state index < -0.39 is 11.6 Å². The Labute approximate surface area is 115 Å². The van der Waals surface area contributed by atoms with Crippen LogP contribution in [0.15, 0.2) is 18.2 Å². The van der Waals surface area contributed by atoms with Gasteiger partial charge in [0.15, 0.2) is 0 Å². The van der Waals surface area contributed by atoms with Crippen molar-refractivity contribution < 1.29 is 8.78 Å². The number of nitrogens with one attached hydrogen (secondary N) is 1. The number of aromatic nitrogens is 1. The second-order valence-corrected chi connectivity index (χ2v) is 5.73. The van der Waals surface area contributed by atoms with Gasteiger partial charge in [0.2, 0.25) is 0 Å². The molecular weight excluding hydrogens is 266 g/mol. The van der Waals surface area contributed by atoms with Gasteiger partial charge in [-0.3, -0.25) is 0 Å². The molecule has 2 rings (SSSR count). The van der Waals surface area contributed by atoms with Gasteiger partial charge in [-0.2, -0.15) is 0 Å². The van der Waals surface area contributed by atoms with Crippen LogP contribution in [0.1, 0.15) is 21.1 Å². The lowest BCUT2D eigenvalue weighted by Gasteiger charge is -2.04. The standard InChI is InChI=1S/C14H16F2N2S/c1-9-14(19-10(2)18-9)8-17-4-3-11-5-12(15)7-13(16)6-11/h5-7,17H,3-4,8H2,1-2H3. The molecule has 0 aliphatic heterocycles. The fourth-order valence-corrected chi connectivity index (χ4v) is 2.83. The molecule has 0 radical (unpaired) electrons. The van der Waals surface area contributed by atoms with Crippen molar-refractivity contribution in [2.45, 2.75) is 26.8 Å². The van der Waals surface area contributed by atoms with Gasteiger partial charge in [0, 0.05) is 17.5 Å². The number of rotatable bonds is 5. The Bertz CT molecular complexity index is 546. The Balaban J connectivity index is 1.82. The van der Waals surface area contributed by atoms with Crippen LogP contribution in [0.3, 0.4) is 0 Å². The maximum atomic E-state index is 13.0. The van der Waals surface area contributed by atoms with E-state index in [0.717, 1.165) is 23.3 Å². The van der Waals surface area contributed by atoms with Gasteiger partial charge in [-0.25, -0.2) is 13.8 Å². The van der Waals surface area contributed by atoms with E-state index in [2.05, 4.69) is 10.3 Å². The van der Waals surface area contributed by atoms with Gasteiger partial charge in [0.25, 0.3) is 0 Å². The van der Waals surface area contributed by atoms with Crippen molar-refractivity contribution in [2.24, 2.45) is 0 Å². The lowest BCUT2D eigenvalue weighted by Crippen LogP contribution is -2.16. The van der Waals surface area contributed by atoms with E-state index in [0.29, 0.717) is 18.5 Å². The third kappa shape index (κ3) is 4.08. The van der Waals surface area contributed by atoms with Crippen LogP contribution in [0.25, 0.3) is 0 Å². The van der Waals surface area contributed by atoms with Crippen molar-refractivity contribution >= 4 is 11.3 Å². The largest absolute Gasteiger partial charge is 0.311 e. The molecule has 0 aliphatic carbocycles. The molecule has 1 heterocycles. The number of aryl methyl sites for hydroxylation is 2. The number of thiazole rings is 1. The number of hydrogen-bond acceptors (Lipinski definition) is 3. The summed E-state index contributed by atoms with van der Waals surface area (Å²) in [4.78, 5) is 5.56. The molecule has 1 aromatic carbocycles. The zero-order chi connectivity index (χ0) is 13.8. The number of nitrogens with zero attached hydrogens (tertiary/aromatic N) is 1. The molecule has 0 amide bonds. The number of benzene rings is 1. The maximum Gasteiger partial charge on any atom is 0.126 e. The average molecular weight is 282 g/mol. The Morgan fingerprint density at radius 3 is 2.42 bits per heavy atom. The summed E-state index contributed by atoms with van der Waals surface area (Å²) in [7, 11) is 0. The summed E-state index contributed by atoms with van der Waals surface area (Å²) in [6, 6.07) is 3.63. The van der Waals surface area contributed by atoms with Gasteiger partial charge in [0.05, 0.1) is 10.7 Å².